The maximum atomic E-state index is 12.0. The molecule has 1 unspecified atom stereocenters. The van der Waals surface area contributed by atoms with Crippen LogP contribution in [0.25, 0.3) is 0 Å². The van der Waals surface area contributed by atoms with Gasteiger partial charge in [-0.2, -0.15) is 8.42 Å². The summed E-state index contributed by atoms with van der Waals surface area (Å²) in [7, 11) is -4.54. The molecule has 0 aromatic carbocycles. The molecule has 3 nitrogen and oxygen atoms in total. The lowest BCUT2D eigenvalue weighted by atomic mass is 10.5. The lowest BCUT2D eigenvalue weighted by Crippen LogP contribution is -2.17. The van der Waals surface area contributed by atoms with Gasteiger partial charge in [-0.15, -0.1) is 10.5 Å². The fourth-order valence-corrected chi connectivity index (χ4v) is 0.657. The first-order valence-corrected chi connectivity index (χ1v) is 4.59. The fourth-order valence-electron chi connectivity index (χ4n) is 0.399. The monoisotopic (exact) mass is 182 g/mol. The third-order valence-electron chi connectivity index (χ3n) is 1.07. The Labute approximate surface area is 66.1 Å². The number of rotatable bonds is 5. The van der Waals surface area contributed by atoms with Crippen LogP contribution < -0.4 is 0 Å². The Kier molecular flexibility index (Phi) is 4.29. The summed E-state index contributed by atoms with van der Waals surface area (Å²) in [6.45, 7) is 4.72. The summed E-state index contributed by atoms with van der Waals surface area (Å²) in [6.07, 6.45) is 2.08. The molecule has 0 radical (unpaired) electrons. The smallest absolute Gasteiger partial charge is 0.329 e. The highest BCUT2D eigenvalue weighted by atomic mass is 32.3. The minimum Gasteiger partial charge on any atom is -0.359 e. The Balaban J connectivity index is 3.70. The molecule has 0 aliphatic rings. The molecule has 0 aliphatic carbocycles. The third-order valence-corrected chi connectivity index (χ3v) is 2.00. The zero-order valence-corrected chi connectivity index (χ0v) is 7.10. The van der Waals surface area contributed by atoms with Crippen LogP contribution in [-0.4, -0.2) is 20.5 Å². The minimum atomic E-state index is -4.54. The molecule has 0 saturated heterocycles. The first kappa shape index (κ1) is 10.6. The van der Waals surface area contributed by atoms with Crippen LogP contribution in [0.5, 0.6) is 0 Å². The highest BCUT2D eigenvalue weighted by Gasteiger charge is 2.18. The lowest BCUT2D eigenvalue weighted by molar-refractivity contribution is 0.117. The molecule has 0 N–H and O–H groups in total. The third kappa shape index (κ3) is 4.92. The summed E-state index contributed by atoms with van der Waals surface area (Å²) in [4.78, 5) is 0. The van der Waals surface area contributed by atoms with Gasteiger partial charge >= 0.3 is 10.2 Å². The summed E-state index contributed by atoms with van der Waals surface area (Å²) in [5.74, 6) is 0. The summed E-state index contributed by atoms with van der Waals surface area (Å²) in [5, 5.41) is 0. The molecule has 0 bridgehead atoms. The number of ether oxygens (including phenoxy) is 1. The van der Waals surface area contributed by atoms with Gasteiger partial charge in [0.1, 0.15) is 0 Å². The van der Waals surface area contributed by atoms with E-state index in [1.165, 1.54) is 0 Å². The van der Waals surface area contributed by atoms with Crippen molar-refractivity contribution in [3.63, 3.8) is 0 Å². The van der Waals surface area contributed by atoms with Gasteiger partial charge in [-0.25, -0.2) is 0 Å². The zero-order chi connectivity index (χ0) is 8.91. The van der Waals surface area contributed by atoms with Crippen LogP contribution in [0.1, 0.15) is 13.3 Å². The van der Waals surface area contributed by atoms with Crippen LogP contribution in [0.3, 0.4) is 0 Å². The molecule has 0 spiro atoms. The van der Waals surface area contributed by atoms with E-state index >= 15 is 0 Å². The minimum absolute atomic E-state index is 0.174. The van der Waals surface area contributed by atoms with Crippen LogP contribution in [0.4, 0.5) is 3.89 Å². The topological polar surface area (TPSA) is 43.4 Å². The van der Waals surface area contributed by atoms with Crippen molar-refractivity contribution >= 4 is 10.2 Å². The van der Waals surface area contributed by atoms with Gasteiger partial charge in [-0.1, -0.05) is 6.08 Å². The van der Waals surface area contributed by atoms with Crippen molar-refractivity contribution in [3.8, 4) is 0 Å². The number of halogens is 1. The van der Waals surface area contributed by atoms with Crippen LogP contribution in [0, 0.1) is 0 Å². The van der Waals surface area contributed by atoms with Gasteiger partial charge in [0, 0.05) is 0 Å². The van der Waals surface area contributed by atoms with E-state index in [4.69, 9.17) is 0 Å². The maximum Gasteiger partial charge on any atom is 0.329 e. The predicted molar refractivity (Wildman–Crippen MR) is 40.3 cm³/mol. The second kappa shape index (κ2) is 4.46. The quantitative estimate of drug-likeness (QED) is 0.365. The number of hydrogen-bond donors (Lipinski definition) is 0. The zero-order valence-electron chi connectivity index (χ0n) is 6.29. The molecule has 11 heavy (non-hydrogen) atoms. The van der Waals surface area contributed by atoms with Crippen molar-refractivity contribution in [2.75, 3.05) is 6.61 Å². The molecule has 0 aliphatic heterocycles. The highest BCUT2D eigenvalue weighted by Crippen LogP contribution is 2.04. The Hall–Kier alpha value is -0.420. The first-order valence-electron chi connectivity index (χ1n) is 3.14. The Morgan fingerprint density at radius 3 is 2.64 bits per heavy atom. The number of hydrogen-bond acceptors (Lipinski definition) is 3. The van der Waals surface area contributed by atoms with Gasteiger partial charge < -0.3 is 4.74 Å². The van der Waals surface area contributed by atoms with Gasteiger partial charge in [-0.05, 0) is 13.3 Å². The van der Waals surface area contributed by atoms with E-state index in [0.717, 1.165) is 6.92 Å². The van der Waals surface area contributed by atoms with E-state index in [2.05, 4.69) is 11.3 Å². The van der Waals surface area contributed by atoms with E-state index in [-0.39, 0.29) is 6.61 Å². The van der Waals surface area contributed by atoms with Gasteiger partial charge in [0.05, 0.1) is 6.61 Å². The van der Waals surface area contributed by atoms with E-state index in [0.29, 0.717) is 6.42 Å². The van der Waals surface area contributed by atoms with Gasteiger partial charge in [0.25, 0.3) is 0 Å². The van der Waals surface area contributed by atoms with Crippen molar-refractivity contribution in [3.05, 3.63) is 12.7 Å². The van der Waals surface area contributed by atoms with Crippen LogP contribution >= 0.6 is 0 Å². The largest absolute Gasteiger partial charge is 0.359 e. The average molecular weight is 182 g/mol. The van der Waals surface area contributed by atoms with Crippen LogP contribution in [-0.2, 0) is 15.0 Å². The van der Waals surface area contributed by atoms with Gasteiger partial charge in [-0.3, -0.25) is 0 Å². The lowest BCUT2D eigenvalue weighted by Gasteiger charge is -2.06. The van der Waals surface area contributed by atoms with Crippen molar-refractivity contribution in [1.82, 2.24) is 0 Å². The molecule has 0 heterocycles. The van der Waals surface area contributed by atoms with Gasteiger partial charge in [0.15, 0.2) is 5.44 Å². The first-order chi connectivity index (χ1) is 4.98. The Bertz CT molecular complexity index is 210. The fraction of sp³-hybridized carbons (Fsp3) is 0.667. The van der Waals surface area contributed by atoms with Gasteiger partial charge in [0.2, 0.25) is 0 Å². The molecule has 0 fully saturated rings. The van der Waals surface area contributed by atoms with Crippen LogP contribution in [0.2, 0.25) is 0 Å². The van der Waals surface area contributed by atoms with E-state index in [1.807, 2.05) is 0 Å². The Morgan fingerprint density at radius 2 is 2.27 bits per heavy atom. The van der Waals surface area contributed by atoms with E-state index < -0.39 is 15.7 Å². The van der Waals surface area contributed by atoms with Crippen LogP contribution in [0.15, 0.2) is 12.7 Å². The summed E-state index contributed by atoms with van der Waals surface area (Å²) in [5.41, 5.74) is -1.37. The highest BCUT2D eigenvalue weighted by molar-refractivity contribution is 7.86. The summed E-state index contributed by atoms with van der Waals surface area (Å²) in [6, 6.07) is 0. The normalized spacial score (nSPS) is 14.4. The molecule has 0 rings (SSSR count). The predicted octanol–water partition coefficient (Wildman–Crippen LogP) is 1.22. The van der Waals surface area contributed by atoms with E-state index in [1.54, 1.807) is 6.08 Å². The maximum absolute atomic E-state index is 12.0. The molecule has 0 aromatic rings. The molecule has 0 aromatic heterocycles. The second-order valence-corrected chi connectivity index (χ2v) is 3.61. The summed E-state index contributed by atoms with van der Waals surface area (Å²) < 4.78 is 36.9. The van der Waals surface area contributed by atoms with Crippen molar-refractivity contribution in [1.29, 1.82) is 0 Å². The SMILES string of the molecule is C=CCCOC(C)S(=O)(=O)F. The summed E-state index contributed by atoms with van der Waals surface area (Å²) >= 11 is 0. The van der Waals surface area contributed by atoms with Crippen molar-refractivity contribution in [2.45, 2.75) is 18.8 Å². The molecule has 1 atom stereocenters. The molecule has 0 saturated carbocycles. The molecule has 0 amide bonds. The van der Waals surface area contributed by atoms with Crippen molar-refractivity contribution < 1.29 is 17.0 Å². The Morgan fingerprint density at radius 1 is 1.73 bits per heavy atom. The van der Waals surface area contributed by atoms with E-state index in [9.17, 15) is 12.3 Å². The second-order valence-electron chi connectivity index (χ2n) is 1.99. The molecular formula is C6H11FO3S. The van der Waals surface area contributed by atoms with Crippen molar-refractivity contribution in [2.24, 2.45) is 0 Å². The average Bonchev–Trinajstić information content (AvgIpc) is 1.86. The standard InChI is InChI=1S/C6H11FO3S/c1-3-4-5-10-6(2)11(7,8)9/h3,6H,1,4-5H2,2H3. The molecule has 5 heteroatoms. The molecular weight excluding hydrogens is 171 g/mol. The molecule has 66 valence electrons.